The molecule has 0 aliphatic heterocycles. The first-order chi connectivity index (χ1) is 18.5. The van der Waals surface area contributed by atoms with Crippen LogP contribution in [0.2, 0.25) is 0 Å². The van der Waals surface area contributed by atoms with Crippen LogP contribution in [0.15, 0.2) is 91.0 Å². The van der Waals surface area contributed by atoms with Gasteiger partial charge in [0.05, 0.1) is 0 Å². The average Bonchev–Trinajstić information content (AvgIpc) is 2.95. The van der Waals surface area contributed by atoms with Crippen LogP contribution in [0, 0.1) is 0 Å². The fourth-order valence-corrected chi connectivity index (χ4v) is 3.81. The summed E-state index contributed by atoms with van der Waals surface area (Å²) < 4.78 is 10.8. The lowest BCUT2D eigenvalue weighted by Crippen LogP contribution is -2.52. The number of ether oxygens (including phenoxy) is 2. The van der Waals surface area contributed by atoms with Crippen molar-refractivity contribution in [3.63, 3.8) is 0 Å². The molecule has 38 heavy (non-hydrogen) atoms. The van der Waals surface area contributed by atoms with E-state index in [-0.39, 0.29) is 19.6 Å². The third-order valence-corrected chi connectivity index (χ3v) is 5.88. The molecule has 8 nitrogen and oxygen atoms in total. The third-order valence-electron chi connectivity index (χ3n) is 5.88. The van der Waals surface area contributed by atoms with E-state index in [0.717, 1.165) is 16.7 Å². The SMILES string of the molecule is NCCCCC(NC(=O)OCc1ccccc1)C(=O)NC(Cc1ccccc1)C(=O)OCc1ccccc1. The molecular formula is C30H35N3O5. The largest absolute Gasteiger partial charge is 0.459 e. The van der Waals surface area contributed by atoms with Gasteiger partial charge in [-0.2, -0.15) is 0 Å². The van der Waals surface area contributed by atoms with Crippen LogP contribution in [0.4, 0.5) is 4.79 Å². The van der Waals surface area contributed by atoms with Crippen LogP contribution in [0.1, 0.15) is 36.0 Å². The lowest BCUT2D eigenvalue weighted by atomic mass is 10.0. The number of rotatable bonds is 14. The zero-order valence-electron chi connectivity index (χ0n) is 21.4. The van der Waals surface area contributed by atoms with Gasteiger partial charge in [0.1, 0.15) is 25.3 Å². The summed E-state index contributed by atoms with van der Waals surface area (Å²) in [6.45, 7) is 0.631. The minimum Gasteiger partial charge on any atom is -0.459 e. The molecule has 3 aromatic carbocycles. The zero-order chi connectivity index (χ0) is 27.0. The van der Waals surface area contributed by atoms with Crippen molar-refractivity contribution in [3.8, 4) is 0 Å². The molecule has 0 radical (unpaired) electrons. The summed E-state index contributed by atoms with van der Waals surface area (Å²) in [6.07, 6.45) is 1.19. The van der Waals surface area contributed by atoms with Crippen LogP contribution >= 0.6 is 0 Å². The summed E-state index contributed by atoms with van der Waals surface area (Å²) in [5, 5.41) is 5.44. The van der Waals surface area contributed by atoms with Gasteiger partial charge in [0.15, 0.2) is 0 Å². The van der Waals surface area contributed by atoms with Crippen molar-refractivity contribution in [1.29, 1.82) is 0 Å². The van der Waals surface area contributed by atoms with Crippen molar-refractivity contribution >= 4 is 18.0 Å². The number of hydrogen-bond acceptors (Lipinski definition) is 6. The number of unbranched alkanes of at least 4 members (excludes halogenated alkanes) is 1. The summed E-state index contributed by atoms with van der Waals surface area (Å²) >= 11 is 0. The minimum absolute atomic E-state index is 0.0757. The molecule has 0 saturated heterocycles. The predicted molar refractivity (Wildman–Crippen MR) is 145 cm³/mol. The van der Waals surface area contributed by atoms with Gasteiger partial charge in [0.2, 0.25) is 5.91 Å². The van der Waals surface area contributed by atoms with Crippen molar-refractivity contribution in [2.45, 2.75) is 51.0 Å². The van der Waals surface area contributed by atoms with Crippen LogP contribution in [-0.2, 0) is 38.7 Å². The Balaban J connectivity index is 1.66. The number of carbonyl (C=O) groups is 3. The fraction of sp³-hybridized carbons (Fsp3) is 0.300. The highest BCUT2D eigenvalue weighted by molar-refractivity contribution is 5.89. The second-order valence-electron chi connectivity index (χ2n) is 8.89. The predicted octanol–water partition coefficient (Wildman–Crippen LogP) is 3.88. The molecule has 0 saturated carbocycles. The lowest BCUT2D eigenvalue weighted by Gasteiger charge is -2.23. The van der Waals surface area contributed by atoms with E-state index in [1.54, 1.807) is 0 Å². The van der Waals surface area contributed by atoms with Crippen molar-refractivity contribution in [3.05, 3.63) is 108 Å². The molecule has 3 rings (SSSR count). The van der Waals surface area contributed by atoms with E-state index in [1.165, 1.54) is 0 Å². The standard InChI is InChI=1S/C30H35N3O5/c31-19-11-10-18-26(33-30(36)38-22-25-16-8-3-9-17-25)28(34)32-27(20-23-12-4-1-5-13-23)29(35)37-21-24-14-6-2-7-15-24/h1-9,12-17,26-27H,10-11,18-22,31H2,(H,32,34)(H,33,36). The molecule has 0 bridgehead atoms. The van der Waals surface area contributed by atoms with Crippen molar-refractivity contribution in [2.75, 3.05) is 6.54 Å². The lowest BCUT2D eigenvalue weighted by molar-refractivity contribution is -0.149. The Labute approximate surface area is 223 Å². The molecule has 200 valence electrons. The van der Waals surface area contributed by atoms with Crippen LogP contribution in [0.5, 0.6) is 0 Å². The van der Waals surface area contributed by atoms with Crippen molar-refractivity contribution < 1.29 is 23.9 Å². The maximum absolute atomic E-state index is 13.3. The third kappa shape index (κ3) is 10.1. The topological polar surface area (TPSA) is 120 Å². The Morgan fingerprint density at radius 2 is 1.18 bits per heavy atom. The number of esters is 1. The number of nitrogens with one attached hydrogen (secondary N) is 2. The maximum Gasteiger partial charge on any atom is 0.408 e. The van der Waals surface area contributed by atoms with Gasteiger partial charge in [0, 0.05) is 6.42 Å². The molecule has 8 heteroatoms. The van der Waals surface area contributed by atoms with Gasteiger partial charge in [-0.25, -0.2) is 9.59 Å². The van der Waals surface area contributed by atoms with Crippen molar-refractivity contribution in [1.82, 2.24) is 10.6 Å². The number of nitrogens with two attached hydrogens (primary N) is 1. The van der Waals surface area contributed by atoms with E-state index in [4.69, 9.17) is 15.2 Å². The molecule has 0 aromatic heterocycles. The maximum atomic E-state index is 13.3. The summed E-state index contributed by atoms with van der Waals surface area (Å²) in [7, 11) is 0. The molecule has 2 amide bonds. The van der Waals surface area contributed by atoms with Gasteiger partial charge < -0.3 is 25.8 Å². The summed E-state index contributed by atoms with van der Waals surface area (Å²) in [4.78, 5) is 38.9. The second-order valence-corrected chi connectivity index (χ2v) is 8.89. The highest BCUT2D eigenvalue weighted by Gasteiger charge is 2.28. The molecule has 2 atom stereocenters. The molecule has 4 N–H and O–H groups in total. The van der Waals surface area contributed by atoms with Gasteiger partial charge in [-0.15, -0.1) is 0 Å². The van der Waals surface area contributed by atoms with Gasteiger partial charge in [-0.1, -0.05) is 91.0 Å². The number of hydrogen-bond donors (Lipinski definition) is 3. The Bertz CT molecular complexity index is 1130. The number of carbonyl (C=O) groups excluding carboxylic acids is 3. The number of benzene rings is 3. The van der Waals surface area contributed by atoms with E-state index in [2.05, 4.69) is 10.6 Å². The molecular weight excluding hydrogens is 482 g/mol. The molecule has 0 aliphatic rings. The molecule has 3 aromatic rings. The monoisotopic (exact) mass is 517 g/mol. The van der Waals surface area contributed by atoms with E-state index in [0.29, 0.717) is 25.8 Å². The smallest absolute Gasteiger partial charge is 0.408 e. The zero-order valence-corrected chi connectivity index (χ0v) is 21.4. The van der Waals surface area contributed by atoms with E-state index >= 15 is 0 Å². The molecule has 0 heterocycles. The summed E-state index contributed by atoms with van der Waals surface area (Å²) in [5.41, 5.74) is 8.15. The first kappa shape index (κ1) is 28.4. The van der Waals surface area contributed by atoms with E-state index in [9.17, 15) is 14.4 Å². The molecule has 0 fully saturated rings. The van der Waals surface area contributed by atoms with Crippen LogP contribution in [-0.4, -0.2) is 36.6 Å². The Morgan fingerprint density at radius 3 is 1.74 bits per heavy atom. The number of alkyl carbamates (subject to hydrolysis) is 1. The number of amides is 2. The minimum atomic E-state index is -0.937. The Morgan fingerprint density at radius 1 is 0.658 bits per heavy atom. The van der Waals surface area contributed by atoms with E-state index in [1.807, 2.05) is 91.0 Å². The average molecular weight is 518 g/mol. The van der Waals surface area contributed by atoms with Crippen LogP contribution < -0.4 is 16.4 Å². The first-order valence-electron chi connectivity index (χ1n) is 12.8. The van der Waals surface area contributed by atoms with E-state index < -0.39 is 30.1 Å². The van der Waals surface area contributed by atoms with Crippen LogP contribution in [0.25, 0.3) is 0 Å². The fourth-order valence-electron chi connectivity index (χ4n) is 3.81. The van der Waals surface area contributed by atoms with Gasteiger partial charge in [-0.3, -0.25) is 4.79 Å². The highest BCUT2D eigenvalue weighted by atomic mass is 16.5. The molecule has 2 unspecified atom stereocenters. The van der Waals surface area contributed by atoms with Gasteiger partial charge >= 0.3 is 12.1 Å². The van der Waals surface area contributed by atoms with Gasteiger partial charge in [-0.05, 0) is 42.5 Å². The molecule has 0 aliphatic carbocycles. The molecule has 0 spiro atoms. The van der Waals surface area contributed by atoms with Gasteiger partial charge in [0.25, 0.3) is 0 Å². The Kier molecular flexibility index (Phi) is 11.8. The quantitative estimate of drug-likeness (QED) is 0.221. The van der Waals surface area contributed by atoms with Crippen molar-refractivity contribution in [2.24, 2.45) is 5.73 Å². The summed E-state index contributed by atoms with van der Waals surface area (Å²) in [6, 6.07) is 26.1. The first-order valence-corrected chi connectivity index (χ1v) is 12.8. The second kappa shape index (κ2) is 15.8. The highest BCUT2D eigenvalue weighted by Crippen LogP contribution is 2.10. The normalized spacial score (nSPS) is 12.1. The summed E-state index contributed by atoms with van der Waals surface area (Å²) in [5.74, 6) is -1.05. The Hall–Kier alpha value is -4.17. The van der Waals surface area contributed by atoms with Crippen LogP contribution in [0.3, 0.4) is 0 Å².